The van der Waals surface area contributed by atoms with Gasteiger partial charge in [0.15, 0.2) is 17.5 Å². The minimum absolute atomic E-state index is 0.251. The normalized spacial score (nSPS) is 10.6. The fraction of sp³-hybridized carbons (Fsp3) is 0.231. The first-order valence-electron chi connectivity index (χ1n) is 5.99. The largest absolute Gasteiger partial charge is 0.352 e. The number of aromatic nitrogens is 2. The second kappa shape index (κ2) is 6.23. The van der Waals surface area contributed by atoms with Gasteiger partial charge in [0.1, 0.15) is 5.82 Å². The van der Waals surface area contributed by atoms with Gasteiger partial charge in [0.05, 0.1) is 0 Å². The van der Waals surface area contributed by atoms with Crippen LogP contribution in [0.25, 0.3) is 0 Å². The second-order valence-electron chi connectivity index (χ2n) is 4.15. The van der Waals surface area contributed by atoms with Crippen LogP contribution in [0.2, 0.25) is 0 Å². The van der Waals surface area contributed by atoms with Crippen LogP contribution >= 0.6 is 0 Å². The summed E-state index contributed by atoms with van der Waals surface area (Å²) in [5, 5.41) is 2.50. The lowest BCUT2D eigenvalue weighted by atomic mass is 10.2. The third-order valence-electron chi connectivity index (χ3n) is 2.68. The standard InChI is InChI=1S/C13H12F3N3O/c14-9-6-8(7-10(15)12(9)16)13(20)19-3-1-2-11-17-4-5-18-11/h4-7H,1-3H2,(H,17,18)(H,19,20). The Hall–Kier alpha value is -2.31. The Morgan fingerprint density at radius 1 is 1.25 bits per heavy atom. The van der Waals surface area contributed by atoms with Crippen molar-refractivity contribution in [3.8, 4) is 0 Å². The third kappa shape index (κ3) is 3.37. The van der Waals surface area contributed by atoms with Crippen molar-refractivity contribution in [3.05, 3.63) is 53.4 Å². The lowest BCUT2D eigenvalue weighted by molar-refractivity contribution is 0.0952. The van der Waals surface area contributed by atoms with E-state index < -0.39 is 23.4 Å². The average molecular weight is 283 g/mol. The zero-order chi connectivity index (χ0) is 14.5. The summed E-state index contributed by atoms with van der Waals surface area (Å²) < 4.78 is 38.7. The molecule has 0 unspecified atom stereocenters. The van der Waals surface area contributed by atoms with Gasteiger partial charge in [0.25, 0.3) is 5.91 Å². The van der Waals surface area contributed by atoms with Gasteiger partial charge in [-0.15, -0.1) is 0 Å². The summed E-state index contributed by atoms with van der Waals surface area (Å²) in [6.45, 7) is 0.320. The predicted octanol–water partition coefficient (Wildman–Crippen LogP) is 2.19. The first-order valence-corrected chi connectivity index (χ1v) is 5.99. The molecule has 20 heavy (non-hydrogen) atoms. The minimum Gasteiger partial charge on any atom is -0.352 e. The number of aryl methyl sites for hydroxylation is 1. The lowest BCUT2D eigenvalue weighted by Gasteiger charge is -2.05. The number of hydrogen-bond donors (Lipinski definition) is 2. The Labute approximate surface area is 113 Å². The summed E-state index contributed by atoms with van der Waals surface area (Å²) in [5.41, 5.74) is -0.251. The van der Waals surface area contributed by atoms with Crippen molar-refractivity contribution in [3.63, 3.8) is 0 Å². The Bertz CT molecular complexity index is 576. The van der Waals surface area contributed by atoms with Crippen LogP contribution in [0.15, 0.2) is 24.5 Å². The molecular weight excluding hydrogens is 271 g/mol. The fourth-order valence-electron chi connectivity index (χ4n) is 1.68. The van der Waals surface area contributed by atoms with E-state index in [0.717, 1.165) is 5.82 Å². The summed E-state index contributed by atoms with van der Waals surface area (Å²) >= 11 is 0. The number of benzene rings is 1. The van der Waals surface area contributed by atoms with Crippen molar-refractivity contribution in [2.24, 2.45) is 0 Å². The summed E-state index contributed by atoms with van der Waals surface area (Å²) in [7, 11) is 0. The molecule has 106 valence electrons. The number of carbonyl (C=O) groups excluding carboxylic acids is 1. The Morgan fingerprint density at radius 2 is 1.95 bits per heavy atom. The molecule has 0 aliphatic carbocycles. The quantitative estimate of drug-likeness (QED) is 0.653. The maximum Gasteiger partial charge on any atom is 0.251 e. The monoisotopic (exact) mass is 283 g/mol. The van der Waals surface area contributed by atoms with Crippen molar-refractivity contribution in [1.29, 1.82) is 0 Å². The molecule has 1 aromatic heterocycles. The van der Waals surface area contributed by atoms with E-state index in [0.29, 0.717) is 31.5 Å². The van der Waals surface area contributed by atoms with E-state index in [2.05, 4.69) is 15.3 Å². The molecule has 4 nitrogen and oxygen atoms in total. The van der Waals surface area contributed by atoms with E-state index in [1.54, 1.807) is 12.4 Å². The summed E-state index contributed by atoms with van der Waals surface area (Å²) in [4.78, 5) is 18.6. The molecule has 0 aliphatic rings. The van der Waals surface area contributed by atoms with Crippen molar-refractivity contribution < 1.29 is 18.0 Å². The molecule has 0 radical (unpaired) electrons. The second-order valence-corrected chi connectivity index (χ2v) is 4.15. The van der Waals surface area contributed by atoms with Crippen LogP contribution in [0.5, 0.6) is 0 Å². The highest BCUT2D eigenvalue weighted by Gasteiger charge is 2.14. The molecule has 1 heterocycles. The number of hydrogen-bond acceptors (Lipinski definition) is 2. The van der Waals surface area contributed by atoms with E-state index in [9.17, 15) is 18.0 Å². The number of H-pyrrole nitrogens is 1. The molecule has 2 rings (SSSR count). The number of rotatable bonds is 5. The van der Waals surface area contributed by atoms with Gasteiger partial charge in [-0.3, -0.25) is 4.79 Å². The number of nitrogens with one attached hydrogen (secondary N) is 2. The molecule has 2 N–H and O–H groups in total. The van der Waals surface area contributed by atoms with Crippen molar-refractivity contribution in [2.75, 3.05) is 6.54 Å². The molecule has 1 aromatic carbocycles. The zero-order valence-corrected chi connectivity index (χ0v) is 10.4. The van der Waals surface area contributed by atoms with Gasteiger partial charge in [0.2, 0.25) is 0 Å². The van der Waals surface area contributed by atoms with Crippen LogP contribution in [0, 0.1) is 17.5 Å². The molecular formula is C13H12F3N3O. The van der Waals surface area contributed by atoms with E-state index >= 15 is 0 Å². The molecule has 0 saturated carbocycles. The van der Waals surface area contributed by atoms with Crippen LogP contribution in [-0.2, 0) is 6.42 Å². The number of carbonyl (C=O) groups is 1. The molecule has 0 bridgehead atoms. The summed E-state index contributed by atoms with van der Waals surface area (Å²) in [6, 6.07) is 1.33. The van der Waals surface area contributed by atoms with Gasteiger partial charge < -0.3 is 10.3 Å². The highest BCUT2D eigenvalue weighted by atomic mass is 19.2. The van der Waals surface area contributed by atoms with Crippen LogP contribution in [0.1, 0.15) is 22.6 Å². The van der Waals surface area contributed by atoms with E-state index in [4.69, 9.17) is 0 Å². The average Bonchev–Trinajstić information content (AvgIpc) is 2.93. The Kier molecular flexibility index (Phi) is 4.39. The number of amides is 1. The van der Waals surface area contributed by atoms with Crippen LogP contribution < -0.4 is 5.32 Å². The van der Waals surface area contributed by atoms with Gasteiger partial charge in [-0.05, 0) is 18.6 Å². The van der Waals surface area contributed by atoms with Gasteiger partial charge in [0, 0.05) is 30.9 Å². The topological polar surface area (TPSA) is 57.8 Å². The molecule has 7 heteroatoms. The minimum atomic E-state index is -1.58. The predicted molar refractivity (Wildman–Crippen MR) is 65.6 cm³/mol. The maximum absolute atomic E-state index is 13.0. The summed E-state index contributed by atoms with van der Waals surface area (Å²) in [5.74, 6) is -4.21. The fourth-order valence-corrected chi connectivity index (χ4v) is 1.68. The van der Waals surface area contributed by atoms with Gasteiger partial charge in [-0.2, -0.15) is 0 Å². The van der Waals surface area contributed by atoms with Gasteiger partial charge >= 0.3 is 0 Å². The van der Waals surface area contributed by atoms with Crippen molar-refractivity contribution >= 4 is 5.91 Å². The summed E-state index contributed by atoms with van der Waals surface area (Å²) in [6.07, 6.45) is 4.57. The Morgan fingerprint density at radius 3 is 2.55 bits per heavy atom. The van der Waals surface area contributed by atoms with Crippen LogP contribution in [-0.4, -0.2) is 22.4 Å². The third-order valence-corrected chi connectivity index (χ3v) is 2.68. The van der Waals surface area contributed by atoms with Crippen molar-refractivity contribution in [1.82, 2.24) is 15.3 Å². The van der Waals surface area contributed by atoms with Crippen LogP contribution in [0.3, 0.4) is 0 Å². The highest BCUT2D eigenvalue weighted by Crippen LogP contribution is 2.13. The SMILES string of the molecule is O=C(NCCCc1ncc[nH]1)c1cc(F)c(F)c(F)c1. The number of aromatic amines is 1. The smallest absolute Gasteiger partial charge is 0.251 e. The molecule has 1 amide bonds. The molecule has 0 aliphatic heterocycles. The number of halogens is 3. The van der Waals surface area contributed by atoms with Gasteiger partial charge in [-0.25, -0.2) is 18.2 Å². The number of nitrogens with zero attached hydrogens (tertiary/aromatic N) is 1. The number of imidazole rings is 1. The first-order chi connectivity index (χ1) is 9.58. The van der Waals surface area contributed by atoms with Crippen LogP contribution in [0.4, 0.5) is 13.2 Å². The lowest BCUT2D eigenvalue weighted by Crippen LogP contribution is -2.25. The Balaban J connectivity index is 1.86. The van der Waals surface area contributed by atoms with E-state index in [1.165, 1.54) is 0 Å². The molecule has 2 aromatic rings. The molecule has 0 atom stereocenters. The van der Waals surface area contributed by atoms with E-state index in [-0.39, 0.29) is 5.56 Å². The molecule has 0 fully saturated rings. The van der Waals surface area contributed by atoms with Gasteiger partial charge in [-0.1, -0.05) is 0 Å². The van der Waals surface area contributed by atoms with E-state index in [1.807, 2.05) is 0 Å². The maximum atomic E-state index is 13.0. The highest BCUT2D eigenvalue weighted by molar-refractivity contribution is 5.94. The molecule has 0 spiro atoms. The van der Waals surface area contributed by atoms with Crippen molar-refractivity contribution in [2.45, 2.75) is 12.8 Å². The zero-order valence-electron chi connectivity index (χ0n) is 10.4. The molecule has 0 saturated heterocycles. The first kappa shape index (κ1) is 14.1.